The van der Waals surface area contributed by atoms with Gasteiger partial charge in [0.15, 0.2) is 6.61 Å². The van der Waals surface area contributed by atoms with Gasteiger partial charge in [0.05, 0.1) is 14.2 Å². The third-order valence-corrected chi connectivity index (χ3v) is 3.78. The van der Waals surface area contributed by atoms with Crippen molar-refractivity contribution >= 4 is 11.9 Å². The third-order valence-electron chi connectivity index (χ3n) is 3.78. The van der Waals surface area contributed by atoms with Gasteiger partial charge in [-0.3, -0.25) is 4.79 Å². The molecule has 0 bridgehead atoms. The van der Waals surface area contributed by atoms with Gasteiger partial charge < -0.3 is 14.2 Å². The van der Waals surface area contributed by atoms with Crippen molar-refractivity contribution in [3.63, 3.8) is 0 Å². The van der Waals surface area contributed by atoms with Crippen LogP contribution in [-0.4, -0.2) is 32.8 Å². The van der Waals surface area contributed by atoms with E-state index in [9.17, 15) is 9.59 Å². The van der Waals surface area contributed by atoms with Crippen LogP contribution in [0, 0.1) is 0 Å². The Morgan fingerprint density at radius 2 is 1.64 bits per heavy atom. The first-order valence-electron chi connectivity index (χ1n) is 8.09. The van der Waals surface area contributed by atoms with Gasteiger partial charge in [0.1, 0.15) is 5.75 Å². The average molecular weight is 342 g/mol. The largest absolute Gasteiger partial charge is 0.481 e. The lowest BCUT2D eigenvalue weighted by molar-refractivity contribution is -0.143. The number of methoxy groups -OCH3 is 2. The zero-order chi connectivity index (χ0) is 18.1. The minimum absolute atomic E-state index is 0.141. The van der Waals surface area contributed by atoms with E-state index in [2.05, 4.69) is 9.47 Å². The summed E-state index contributed by atoms with van der Waals surface area (Å²) in [5, 5.41) is 0. The molecule has 2 aromatic carbocycles. The van der Waals surface area contributed by atoms with Crippen LogP contribution in [0.1, 0.15) is 18.4 Å². The summed E-state index contributed by atoms with van der Waals surface area (Å²) in [6.07, 6.45) is 1.85. The summed E-state index contributed by atoms with van der Waals surface area (Å²) < 4.78 is 14.9. The molecule has 0 atom stereocenters. The molecule has 0 saturated carbocycles. The fraction of sp³-hybridized carbons (Fsp3) is 0.300. The Bertz CT molecular complexity index is 709. The Morgan fingerprint density at radius 3 is 2.32 bits per heavy atom. The Kier molecular flexibility index (Phi) is 7.01. The standard InChI is InChI=1S/C20H22O5/c1-23-19(21)10-6-7-15-11-12-18(25-14-20(22)24-2)17(13-15)16-8-4-3-5-9-16/h3-5,8-9,11-13H,6-7,10,14H2,1-2H3. The maximum absolute atomic E-state index is 11.3. The van der Waals surface area contributed by atoms with E-state index < -0.39 is 5.97 Å². The number of rotatable bonds is 8. The second-order valence-electron chi connectivity index (χ2n) is 5.49. The van der Waals surface area contributed by atoms with Crippen molar-refractivity contribution in [3.8, 4) is 16.9 Å². The zero-order valence-electron chi connectivity index (χ0n) is 14.5. The monoisotopic (exact) mass is 342 g/mol. The first-order valence-corrected chi connectivity index (χ1v) is 8.09. The number of benzene rings is 2. The van der Waals surface area contributed by atoms with Crippen LogP contribution < -0.4 is 4.74 Å². The molecule has 5 heteroatoms. The summed E-state index contributed by atoms with van der Waals surface area (Å²) >= 11 is 0. The molecule has 0 saturated heterocycles. The highest BCUT2D eigenvalue weighted by Crippen LogP contribution is 2.31. The molecule has 132 valence electrons. The minimum atomic E-state index is -0.429. The van der Waals surface area contributed by atoms with Gasteiger partial charge in [-0.05, 0) is 36.1 Å². The van der Waals surface area contributed by atoms with Gasteiger partial charge in [-0.15, -0.1) is 0 Å². The molecule has 0 aliphatic rings. The van der Waals surface area contributed by atoms with Gasteiger partial charge in [0, 0.05) is 12.0 Å². The maximum Gasteiger partial charge on any atom is 0.343 e. The average Bonchev–Trinajstić information content (AvgIpc) is 2.67. The molecule has 2 rings (SSSR count). The summed E-state index contributed by atoms with van der Waals surface area (Å²) in [7, 11) is 2.72. The third kappa shape index (κ3) is 5.64. The zero-order valence-corrected chi connectivity index (χ0v) is 14.5. The van der Waals surface area contributed by atoms with Crippen LogP contribution in [-0.2, 0) is 25.5 Å². The molecule has 0 unspecified atom stereocenters. The SMILES string of the molecule is COC(=O)CCCc1ccc(OCC(=O)OC)c(-c2ccccc2)c1. The molecular weight excluding hydrogens is 320 g/mol. The normalized spacial score (nSPS) is 10.2. The molecule has 0 aromatic heterocycles. The summed E-state index contributed by atoms with van der Waals surface area (Å²) in [5.74, 6) is -0.0178. The van der Waals surface area contributed by atoms with Gasteiger partial charge in [0.2, 0.25) is 0 Å². The molecule has 0 amide bonds. The molecule has 5 nitrogen and oxygen atoms in total. The fourth-order valence-corrected chi connectivity index (χ4v) is 2.44. The molecule has 0 N–H and O–H groups in total. The Balaban J connectivity index is 2.19. The molecule has 2 aromatic rings. The van der Waals surface area contributed by atoms with Crippen molar-refractivity contribution in [1.29, 1.82) is 0 Å². The number of hydrogen-bond donors (Lipinski definition) is 0. The molecule has 0 aliphatic heterocycles. The second kappa shape index (κ2) is 9.47. The van der Waals surface area contributed by atoms with Crippen molar-refractivity contribution in [2.45, 2.75) is 19.3 Å². The Morgan fingerprint density at radius 1 is 0.920 bits per heavy atom. The molecule has 25 heavy (non-hydrogen) atoms. The number of ether oxygens (including phenoxy) is 3. The second-order valence-corrected chi connectivity index (χ2v) is 5.49. The van der Waals surface area contributed by atoms with Crippen LogP contribution in [0.3, 0.4) is 0 Å². The lowest BCUT2D eigenvalue weighted by Gasteiger charge is -2.13. The van der Waals surface area contributed by atoms with Crippen molar-refractivity contribution in [1.82, 2.24) is 0 Å². The van der Waals surface area contributed by atoms with E-state index in [1.54, 1.807) is 0 Å². The van der Waals surface area contributed by atoms with E-state index in [4.69, 9.17) is 4.74 Å². The van der Waals surface area contributed by atoms with Gasteiger partial charge in [-0.25, -0.2) is 4.79 Å². The van der Waals surface area contributed by atoms with Gasteiger partial charge in [0.25, 0.3) is 0 Å². The van der Waals surface area contributed by atoms with Crippen LogP contribution in [0.25, 0.3) is 11.1 Å². The number of carbonyl (C=O) groups excluding carboxylic acids is 2. The topological polar surface area (TPSA) is 61.8 Å². The lowest BCUT2D eigenvalue weighted by atomic mass is 9.99. The van der Waals surface area contributed by atoms with Gasteiger partial charge in [-0.2, -0.15) is 0 Å². The number of aryl methyl sites for hydroxylation is 1. The van der Waals surface area contributed by atoms with Crippen LogP contribution in [0.2, 0.25) is 0 Å². The Hall–Kier alpha value is -2.82. The molecule has 0 spiro atoms. The molecule has 0 fully saturated rings. The fourth-order valence-electron chi connectivity index (χ4n) is 2.44. The van der Waals surface area contributed by atoms with E-state index in [1.807, 2.05) is 48.5 Å². The van der Waals surface area contributed by atoms with Crippen LogP contribution >= 0.6 is 0 Å². The highest BCUT2D eigenvalue weighted by molar-refractivity contribution is 5.74. The smallest absolute Gasteiger partial charge is 0.343 e. The van der Waals surface area contributed by atoms with E-state index >= 15 is 0 Å². The quantitative estimate of drug-likeness (QED) is 0.688. The van der Waals surface area contributed by atoms with Crippen LogP contribution in [0.4, 0.5) is 0 Å². The van der Waals surface area contributed by atoms with Crippen molar-refractivity contribution in [3.05, 3.63) is 54.1 Å². The van der Waals surface area contributed by atoms with Crippen molar-refractivity contribution in [2.24, 2.45) is 0 Å². The van der Waals surface area contributed by atoms with Gasteiger partial charge in [-0.1, -0.05) is 36.4 Å². The highest BCUT2D eigenvalue weighted by atomic mass is 16.6. The number of esters is 2. The van der Waals surface area contributed by atoms with Crippen molar-refractivity contribution < 1.29 is 23.8 Å². The first-order chi connectivity index (χ1) is 12.1. The van der Waals surface area contributed by atoms with E-state index in [0.717, 1.165) is 23.1 Å². The molecule has 0 radical (unpaired) electrons. The van der Waals surface area contributed by atoms with Gasteiger partial charge >= 0.3 is 11.9 Å². The summed E-state index contributed by atoms with van der Waals surface area (Å²) in [4.78, 5) is 22.6. The maximum atomic E-state index is 11.3. The summed E-state index contributed by atoms with van der Waals surface area (Å²) in [5.41, 5.74) is 2.99. The number of carbonyl (C=O) groups is 2. The molecule has 0 aliphatic carbocycles. The predicted molar refractivity (Wildman–Crippen MR) is 94.3 cm³/mol. The van der Waals surface area contributed by atoms with Crippen LogP contribution in [0.15, 0.2) is 48.5 Å². The highest BCUT2D eigenvalue weighted by Gasteiger charge is 2.10. The lowest BCUT2D eigenvalue weighted by Crippen LogP contribution is -2.13. The first kappa shape index (κ1) is 18.5. The predicted octanol–water partition coefficient (Wildman–Crippen LogP) is 3.40. The molecular formula is C20H22O5. The molecule has 0 heterocycles. The number of hydrogen-bond acceptors (Lipinski definition) is 5. The van der Waals surface area contributed by atoms with Crippen molar-refractivity contribution in [2.75, 3.05) is 20.8 Å². The minimum Gasteiger partial charge on any atom is -0.481 e. The van der Waals surface area contributed by atoms with E-state index in [0.29, 0.717) is 18.6 Å². The van der Waals surface area contributed by atoms with E-state index in [1.165, 1.54) is 14.2 Å². The summed E-state index contributed by atoms with van der Waals surface area (Å²) in [6.45, 7) is -0.141. The van der Waals surface area contributed by atoms with E-state index in [-0.39, 0.29) is 12.6 Å². The Labute approximate surface area is 147 Å². The summed E-state index contributed by atoms with van der Waals surface area (Å²) in [6, 6.07) is 15.6. The van der Waals surface area contributed by atoms with Crippen LogP contribution in [0.5, 0.6) is 5.75 Å².